The van der Waals surface area contributed by atoms with Gasteiger partial charge in [0.05, 0.1) is 15.5 Å². The number of piperazine rings is 1. The molecule has 0 atom stereocenters. The van der Waals surface area contributed by atoms with E-state index in [9.17, 15) is 14.0 Å². The third-order valence-electron chi connectivity index (χ3n) is 5.96. The summed E-state index contributed by atoms with van der Waals surface area (Å²) >= 11 is 0. The quantitative estimate of drug-likeness (QED) is 0.599. The number of anilines is 2. The van der Waals surface area contributed by atoms with Crippen molar-refractivity contribution in [2.45, 2.75) is 25.6 Å². The van der Waals surface area contributed by atoms with E-state index >= 15 is 0 Å². The van der Waals surface area contributed by atoms with E-state index in [4.69, 9.17) is 17.5 Å². The van der Waals surface area contributed by atoms with Gasteiger partial charge in [-0.15, -0.1) is 0 Å². The lowest BCUT2D eigenvalue weighted by Gasteiger charge is -2.34. The summed E-state index contributed by atoms with van der Waals surface area (Å²) in [5.74, 6) is -0.985. The highest BCUT2D eigenvalue weighted by Crippen LogP contribution is 2.32. The predicted molar refractivity (Wildman–Crippen MR) is 128 cm³/mol. The van der Waals surface area contributed by atoms with Crippen LogP contribution in [0.15, 0.2) is 18.3 Å². The lowest BCUT2D eigenvalue weighted by atomic mass is 10.0. The Balaban J connectivity index is 1.73. The number of hydrogen-bond acceptors (Lipinski definition) is 8. The summed E-state index contributed by atoms with van der Waals surface area (Å²) in [4.78, 5) is 38.8. The van der Waals surface area contributed by atoms with E-state index in [0.29, 0.717) is 24.9 Å². The van der Waals surface area contributed by atoms with Crippen LogP contribution in [0.2, 0.25) is 0 Å². The molecule has 2 aromatic rings. The Kier molecular flexibility index (Phi) is 6.93. The van der Waals surface area contributed by atoms with Crippen molar-refractivity contribution in [3.8, 4) is 6.07 Å². The zero-order valence-electron chi connectivity index (χ0n) is 22.2. The summed E-state index contributed by atoms with van der Waals surface area (Å²) in [6.07, 6.45) is 1.03. The molecule has 0 spiro atoms. The van der Waals surface area contributed by atoms with E-state index in [2.05, 4.69) is 15.3 Å². The van der Waals surface area contributed by atoms with E-state index in [-0.39, 0.29) is 54.0 Å². The molecule has 4 rings (SSSR count). The van der Waals surface area contributed by atoms with Gasteiger partial charge < -0.3 is 14.4 Å². The number of urea groups is 1. The first-order valence-electron chi connectivity index (χ1n) is 12.3. The van der Waals surface area contributed by atoms with E-state index in [0.717, 1.165) is 12.3 Å². The fourth-order valence-corrected chi connectivity index (χ4v) is 4.11. The van der Waals surface area contributed by atoms with Crippen LogP contribution in [0.5, 0.6) is 0 Å². The molecule has 1 N–H and O–H groups in total. The van der Waals surface area contributed by atoms with Crippen molar-refractivity contribution in [3.63, 3.8) is 0 Å². The standard InChI is InChI=1S/C24H28FN7O4/c1-30-7-8-31(20(33)14-30)13-16-9-15-5-4-6-32(22(15)29-21(16)23(35-2)36-3)24(34)28-19-10-18(25)17(11-26)12-27-19/h9-10,12,23H,4-8,13-14H2,1-3H3,(H,27,28,34)/i13D2. The summed E-state index contributed by atoms with van der Waals surface area (Å²) in [5, 5.41) is 11.4. The molecule has 1 fully saturated rings. The minimum Gasteiger partial charge on any atom is -0.350 e. The van der Waals surface area contributed by atoms with Crippen LogP contribution in [-0.4, -0.2) is 79.2 Å². The van der Waals surface area contributed by atoms with Crippen LogP contribution >= 0.6 is 0 Å². The Morgan fingerprint density at radius 1 is 1.33 bits per heavy atom. The first-order valence-corrected chi connectivity index (χ1v) is 11.3. The van der Waals surface area contributed by atoms with Gasteiger partial charge in [-0.1, -0.05) is 0 Å². The fourth-order valence-electron chi connectivity index (χ4n) is 4.11. The smallest absolute Gasteiger partial charge is 0.328 e. The third kappa shape index (κ3) is 5.28. The molecule has 2 aliphatic rings. The van der Waals surface area contributed by atoms with Crippen molar-refractivity contribution in [1.82, 2.24) is 19.8 Å². The number of rotatable bonds is 6. The number of pyridine rings is 2. The Morgan fingerprint density at radius 3 is 2.78 bits per heavy atom. The molecule has 0 unspecified atom stereocenters. The number of hydrogen-bond donors (Lipinski definition) is 1. The molecule has 1 saturated heterocycles. The molecule has 0 bridgehead atoms. The van der Waals surface area contributed by atoms with Crippen molar-refractivity contribution in [2.75, 3.05) is 57.7 Å². The Bertz CT molecular complexity index is 1290. The topological polar surface area (TPSA) is 124 Å². The van der Waals surface area contributed by atoms with Gasteiger partial charge in [-0.3, -0.25) is 19.9 Å². The molecule has 2 aliphatic heterocycles. The monoisotopic (exact) mass is 499 g/mol. The maximum absolute atomic E-state index is 14.0. The Labute approximate surface area is 211 Å². The van der Waals surface area contributed by atoms with Crippen LogP contribution in [-0.2, 0) is 27.2 Å². The summed E-state index contributed by atoms with van der Waals surface area (Å²) in [6, 6.07) is 3.61. The number of carbonyl (C=O) groups is 2. The summed E-state index contributed by atoms with van der Waals surface area (Å²) in [7, 11) is 4.56. The molecule has 36 heavy (non-hydrogen) atoms. The number of likely N-dealkylation sites (N-methyl/N-ethyl adjacent to an activating group) is 1. The van der Waals surface area contributed by atoms with Crippen molar-refractivity contribution in [2.24, 2.45) is 0 Å². The molecule has 2 aromatic heterocycles. The second kappa shape index (κ2) is 10.9. The highest BCUT2D eigenvalue weighted by Gasteiger charge is 2.30. The fraction of sp³-hybridized carbons (Fsp3) is 0.458. The van der Waals surface area contributed by atoms with E-state index in [1.807, 2.05) is 4.90 Å². The van der Waals surface area contributed by atoms with E-state index in [1.165, 1.54) is 24.0 Å². The largest absolute Gasteiger partial charge is 0.350 e. The number of nitrogens with zero attached hydrogens (tertiary/aromatic N) is 6. The van der Waals surface area contributed by atoms with Gasteiger partial charge in [0.1, 0.15) is 34.8 Å². The van der Waals surface area contributed by atoms with Crippen molar-refractivity contribution in [1.29, 1.82) is 5.26 Å². The number of methoxy groups -OCH3 is 2. The molecule has 12 heteroatoms. The molecule has 4 heterocycles. The molecule has 0 saturated carbocycles. The minimum atomic E-state index is -2.22. The molecule has 0 aromatic carbocycles. The van der Waals surface area contributed by atoms with E-state index < -0.39 is 24.6 Å². The first kappa shape index (κ1) is 22.8. The number of fused-ring (bicyclic) bond motifs is 1. The number of amides is 3. The molecule has 11 nitrogen and oxygen atoms in total. The zero-order chi connectivity index (χ0) is 27.6. The predicted octanol–water partition coefficient (Wildman–Crippen LogP) is 2.04. The van der Waals surface area contributed by atoms with Crippen LogP contribution in [0, 0.1) is 17.1 Å². The van der Waals surface area contributed by atoms with Crippen molar-refractivity contribution in [3.05, 3.63) is 46.5 Å². The van der Waals surface area contributed by atoms with Gasteiger partial charge in [0.15, 0.2) is 0 Å². The molecule has 0 radical (unpaired) electrons. The molecule has 190 valence electrons. The third-order valence-corrected chi connectivity index (χ3v) is 5.96. The SMILES string of the molecule is [2H]C([2H])(c1cc2c(nc1C(OC)OC)N(C(=O)Nc1cc(F)c(C#N)cn1)CCC2)N1CCN(C)CC1=O. The summed E-state index contributed by atoms with van der Waals surface area (Å²) in [5.41, 5.74) is 0.553. The number of aryl methyl sites for hydroxylation is 1. The van der Waals surface area contributed by atoms with Gasteiger partial charge in [0, 0.05) is 46.4 Å². The van der Waals surface area contributed by atoms with Crippen LogP contribution in [0.25, 0.3) is 0 Å². The van der Waals surface area contributed by atoms with Crippen LogP contribution in [0.3, 0.4) is 0 Å². The Morgan fingerprint density at radius 2 is 2.11 bits per heavy atom. The maximum Gasteiger partial charge on any atom is 0.328 e. The highest BCUT2D eigenvalue weighted by molar-refractivity contribution is 6.01. The Hall–Kier alpha value is -3.66. The van der Waals surface area contributed by atoms with Gasteiger partial charge >= 0.3 is 6.03 Å². The zero-order valence-corrected chi connectivity index (χ0v) is 20.2. The number of carbonyl (C=O) groups excluding carboxylic acids is 2. The molecular weight excluding hydrogens is 469 g/mol. The number of ether oxygens (including phenoxy) is 2. The van der Waals surface area contributed by atoms with Crippen molar-refractivity contribution >= 4 is 23.6 Å². The van der Waals surface area contributed by atoms with Crippen molar-refractivity contribution < 1.29 is 26.2 Å². The number of aromatic nitrogens is 2. The van der Waals surface area contributed by atoms with E-state index in [1.54, 1.807) is 19.2 Å². The van der Waals surface area contributed by atoms with Crippen LogP contribution in [0.4, 0.5) is 20.8 Å². The van der Waals surface area contributed by atoms with Crippen LogP contribution < -0.4 is 10.2 Å². The van der Waals surface area contributed by atoms with Gasteiger partial charge in [-0.2, -0.15) is 5.26 Å². The molecular formula is C24H28FN7O4. The average molecular weight is 500 g/mol. The average Bonchev–Trinajstić information content (AvgIpc) is 2.88. The number of nitriles is 1. The lowest BCUT2D eigenvalue weighted by Crippen LogP contribution is -2.48. The minimum absolute atomic E-state index is 0.0768. The second-order valence-corrected chi connectivity index (χ2v) is 8.45. The number of halogens is 1. The number of nitrogens with one attached hydrogen (secondary N) is 1. The summed E-state index contributed by atoms with van der Waals surface area (Å²) in [6.45, 7) is -1.15. The van der Waals surface area contributed by atoms with Gasteiger partial charge in [0.2, 0.25) is 12.2 Å². The maximum atomic E-state index is 14.0. The summed E-state index contributed by atoms with van der Waals surface area (Å²) < 4.78 is 42.7. The van der Waals surface area contributed by atoms with Crippen LogP contribution in [0.1, 0.15) is 37.8 Å². The molecule has 0 aliphatic carbocycles. The second-order valence-electron chi connectivity index (χ2n) is 8.45. The normalized spacial score (nSPS) is 17.4. The highest BCUT2D eigenvalue weighted by atomic mass is 19.1. The molecule has 3 amide bonds. The van der Waals surface area contributed by atoms with Gasteiger partial charge in [0.25, 0.3) is 0 Å². The lowest BCUT2D eigenvalue weighted by molar-refractivity contribution is -0.136. The first-order chi connectivity index (χ1) is 18.1. The van der Waals surface area contributed by atoms with Gasteiger partial charge in [-0.05, 0) is 37.1 Å². The van der Waals surface area contributed by atoms with Gasteiger partial charge in [-0.25, -0.2) is 19.2 Å².